The number of hydrogen-bond donors (Lipinski definition) is 1. The molecule has 5 heteroatoms. The molecule has 0 aromatic carbocycles. The molecule has 1 aromatic heterocycles. The summed E-state index contributed by atoms with van der Waals surface area (Å²) in [5, 5.41) is 3.43. The van der Waals surface area contributed by atoms with Crippen molar-refractivity contribution in [2.75, 3.05) is 13.1 Å². The highest BCUT2D eigenvalue weighted by Crippen LogP contribution is 2.21. The molecule has 1 saturated heterocycles. The molecular weight excluding hydrogens is 268 g/mol. The monoisotopic (exact) mass is 294 g/mol. The van der Waals surface area contributed by atoms with E-state index in [0.717, 1.165) is 31.7 Å². The Morgan fingerprint density at radius 2 is 2.33 bits per heavy atom. The third-order valence-corrected chi connectivity index (χ3v) is 3.63. The van der Waals surface area contributed by atoms with Crippen LogP contribution in [0.5, 0.6) is 0 Å². The molecule has 21 heavy (non-hydrogen) atoms. The molecule has 1 fully saturated rings. The molecule has 0 spiro atoms. The van der Waals surface area contributed by atoms with Gasteiger partial charge in [-0.1, -0.05) is 0 Å². The molecule has 118 valence electrons. The van der Waals surface area contributed by atoms with Crippen molar-refractivity contribution in [1.29, 1.82) is 0 Å². The largest absolute Gasteiger partial charge is 0.468 e. The molecule has 0 bridgehead atoms. The molecule has 0 aliphatic carbocycles. The van der Waals surface area contributed by atoms with E-state index in [4.69, 9.17) is 9.15 Å². The Kier molecular flexibility index (Phi) is 4.93. The van der Waals surface area contributed by atoms with E-state index in [9.17, 15) is 4.79 Å². The molecule has 1 amide bonds. The summed E-state index contributed by atoms with van der Waals surface area (Å²) in [6, 6.07) is 4.17. The molecule has 2 heterocycles. The topological polar surface area (TPSA) is 54.7 Å². The first-order valence-corrected chi connectivity index (χ1v) is 7.63. The van der Waals surface area contributed by atoms with E-state index in [1.807, 2.05) is 37.8 Å². The number of hydrogen-bond acceptors (Lipinski definition) is 4. The van der Waals surface area contributed by atoms with Gasteiger partial charge in [0.2, 0.25) is 0 Å². The fraction of sp³-hybridized carbons (Fsp3) is 0.688. The van der Waals surface area contributed by atoms with E-state index in [1.54, 1.807) is 6.26 Å². The lowest BCUT2D eigenvalue weighted by molar-refractivity contribution is 0.0224. The summed E-state index contributed by atoms with van der Waals surface area (Å²) in [4.78, 5) is 14.0. The van der Waals surface area contributed by atoms with Crippen molar-refractivity contribution >= 4 is 6.09 Å². The van der Waals surface area contributed by atoms with Gasteiger partial charge in [0.15, 0.2) is 0 Å². The van der Waals surface area contributed by atoms with Gasteiger partial charge in [-0.3, -0.25) is 0 Å². The van der Waals surface area contributed by atoms with E-state index >= 15 is 0 Å². The summed E-state index contributed by atoms with van der Waals surface area (Å²) in [5.74, 6) is 0.914. The molecular formula is C16H26N2O3. The normalized spacial score (nSPS) is 20.6. The Labute approximate surface area is 126 Å². The zero-order chi connectivity index (χ0) is 15.5. The van der Waals surface area contributed by atoms with Gasteiger partial charge < -0.3 is 19.4 Å². The van der Waals surface area contributed by atoms with Crippen molar-refractivity contribution in [3.8, 4) is 0 Å². The second kappa shape index (κ2) is 6.52. The fourth-order valence-corrected chi connectivity index (χ4v) is 2.56. The fourth-order valence-electron chi connectivity index (χ4n) is 2.56. The predicted octanol–water partition coefficient (Wildman–Crippen LogP) is 3.33. The summed E-state index contributed by atoms with van der Waals surface area (Å²) in [7, 11) is 0. The first kappa shape index (κ1) is 15.9. The maximum Gasteiger partial charge on any atom is 0.410 e. The van der Waals surface area contributed by atoms with E-state index < -0.39 is 5.60 Å². The van der Waals surface area contributed by atoms with Crippen LogP contribution in [-0.4, -0.2) is 35.7 Å². The van der Waals surface area contributed by atoms with Gasteiger partial charge in [0, 0.05) is 19.1 Å². The number of nitrogens with one attached hydrogen (secondary N) is 1. The minimum absolute atomic E-state index is 0.140. The molecule has 2 atom stereocenters. The minimum atomic E-state index is -0.445. The van der Waals surface area contributed by atoms with E-state index in [0.29, 0.717) is 0 Å². The highest BCUT2D eigenvalue weighted by atomic mass is 16.6. The zero-order valence-electron chi connectivity index (χ0n) is 13.4. The van der Waals surface area contributed by atoms with E-state index in [-0.39, 0.29) is 18.2 Å². The molecule has 1 aromatic rings. The predicted molar refractivity (Wildman–Crippen MR) is 81.1 cm³/mol. The SMILES string of the molecule is C[C@H](NC[C@@H]1CCCN1C(=O)OC(C)(C)C)c1ccco1. The third-order valence-electron chi connectivity index (χ3n) is 3.63. The third kappa shape index (κ3) is 4.49. The van der Waals surface area contributed by atoms with Crippen molar-refractivity contribution in [2.45, 2.75) is 58.2 Å². The van der Waals surface area contributed by atoms with Crippen LogP contribution in [0, 0.1) is 0 Å². The lowest BCUT2D eigenvalue weighted by Gasteiger charge is -2.29. The van der Waals surface area contributed by atoms with Crippen LogP contribution < -0.4 is 5.32 Å². The van der Waals surface area contributed by atoms with Crippen LogP contribution in [0.3, 0.4) is 0 Å². The van der Waals surface area contributed by atoms with Gasteiger partial charge in [-0.05, 0) is 52.7 Å². The molecule has 5 nitrogen and oxygen atoms in total. The van der Waals surface area contributed by atoms with Crippen LogP contribution >= 0.6 is 0 Å². The molecule has 0 saturated carbocycles. The summed E-state index contributed by atoms with van der Waals surface area (Å²) in [6.45, 7) is 9.27. The van der Waals surface area contributed by atoms with E-state index in [2.05, 4.69) is 12.2 Å². The van der Waals surface area contributed by atoms with Crippen molar-refractivity contribution in [3.63, 3.8) is 0 Å². The molecule has 0 unspecified atom stereocenters. The van der Waals surface area contributed by atoms with Crippen molar-refractivity contribution < 1.29 is 13.9 Å². The summed E-state index contributed by atoms with van der Waals surface area (Å²) >= 11 is 0. The van der Waals surface area contributed by atoms with Gasteiger partial charge in [0.05, 0.1) is 12.3 Å². The molecule has 1 aliphatic heterocycles. The van der Waals surface area contributed by atoms with Crippen LogP contribution in [0.25, 0.3) is 0 Å². The first-order chi connectivity index (χ1) is 9.87. The zero-order valence-corrected chi connectivity index (χ0v) is 13.4. The maximum atomic E-state index is 12.2. The number of carbonyl (C=O) groups excluding carboxylic acids is 1. The van der Waals surface area contributed by atoms with Crippen LogP contribution in [0.1, 0.15) is 52.3 Å². The highest BCUT2D eigenvalue weighted by molar-refractivity contribution is 5.69. The van der Waals surface area contributed by atoms with Crippen LogP contribution in [0.15, 0.2) is 22.8 Å². The Bertz CT molecular complexity index is 451. The second-order valence-electron chi connectivity index (χ2n) is 6.62. The highest BCUT2D eigenvalue weighted by Gasteiger charge is 2.32. The molecule has 0 radical (unpaired) electrons. The van der Waals surface area contributed by atoms with Crippen LogP contribution in [0.4, 0.5) is 4.79 Å². The number of nitrogens with zero attached hydrogens (tertiary/aromatic N) is 1. The van der Waals surface area contributed by atoms with Gasteiger partial charge in [-0.25, -0.2) is 4.79 Å². The van der Waals surface area contributed by atoms with Gasteiger partial charge in [0.1, 0.15) is 11.4 Å². The molecule has 1 N–H and O–H groups in total. The quantitative estimate of drug-likeness (QED) is 0.925. The van der Waals surface area contributed by atoms with Crippen LogP contribution in [0.2, 0.25) is 0 Å². The maximum absolute atomic E-state index is 12.2. The average Bonchev–Trinajstić information content (AvgIpc) is 3.04. The molecule has 1 aliphatic rings. The van der Waals surface area contributed by atoms with Crippen molar-refractivity contribution in [1.82, 2.24) is 10.2 Å². The lowest BCUT2D eigenvalue weighted by Crippen LogP contribution is -2.44. The van der Waals surface area contributed by atoms with E-state index in [1.165, 1.54) is 0 Å². The van der Waals surface area contributed by atoms with Gasteiger partial charge in [0.25, 0.3) is 0 Å². The number of carbonyl (C=O) groups is 1. The molecule has 2 rings (SSSR count). The number of furan rings is 1. The number of ether oxygens (including phenoxy) is 1. The summed E-state index contributed by atoms with van der Waals surface area (Å²) in [5.41, 5.74) is -0.445. The summed E-state index contributed by atoms with van der Waals surface area (Å²) < 4.78 is 10.9. The van der Waals surface area contributed by atoms with Gasteiger partial charge in [-0.2, -0.15) is 0 Å². The van der Waals surface area contributed by atoms with Crippen molar-refractivity contribution in [3.05, 3.63) is 24.2 Å². The Balaban J connectivity index is 1.86. The second-order valence-corrected chi connectivity index (χ2v) is 6.62. The average molecular weight is 294 g/mol. The first-order valence-electron chi connectivity index (χ1n) is 7.63. The van der Waals surface area contributed by atoms with Crippen molar-refractivity contribution in [2.24, 2.45) is 0 Å². The lowest BCUT2D eigenvalue weighted by atomic mass is 10.2. The smallest absolute Gasteiger partial charge is 0.410 e. The number of amides is 1. The Morgan fingerprint density at radius 1 is 1.57 bits per heavy atom. The Morgan fingerprint density at radius 3 is 2.95 bits per heavy atom. The van der Waals surface area contributed by atoms with Crippen LogP contribution in [-0.2, 0) is 4.74 Å². The number of likely N-dealkylation sites (tertiary alicyclic amines) is 1. The van der Waals surface area contributed by atoms with Gasteiger partial charge >= 0.3 is 6.09 Å². The minimum Gasteiger partial charge on any atom is -0.468 e. The number of rotatable bonds is 4. The van der Waals surface area contributed by atoms with Gasteiger partial charge in [-0.15, -0.1) is 0 Å². The summed E-state index contributed by atoms with van der Waals surface area (Å²) in [6.07, 6.45) is 3.51. The Hall–Kier alpha value is -1.49. The standard InChI is InChI=1S/C16H26N2O3/c1-12(14-8-6-10-20-14)17-11-13-7-5-9-18(13)15(19)21-16(2,3)4/h6,8,10,12-13,17H,5,7,9,11H2,1-4H3/t12-,13-/m0/s1.